The van der Waals surface area contributed by atoms with E-state index in [-0.39, 0.29) is 17.9 Å². The average molecular weight is 349 g/mol. The number of carbonyl (C=O) groups excluding carboxylic acids is 1. The van der Waals surface area contributed by atoms with Crippen LogP contribution in [-0.2, 0) is 10.2 Å². The lowest BCUT2D eigenvalue weighted by Crippen LogP contribution is -2.35. The molecule has 1 N–H and O–H groups in total. The van der Waals surface area contributed by atoms with Crippen molar-refractivity contribution in [1.82, 2.24) is 5.32 Å². The zero-order valence-electron chi connectivity index (χ0n) is 14.2. The number of amides is 1. The summed E-state index contributed by atoms with van der Waals surface area (Å²) in [4.78, 5) is 23.4. The van der Waals surface area contributed by atoms with Crippen LogP contribution in [0.5, 0.6) is 5.75 Å². The van der Waals surface area contributed by atoms with Gasteiger partial charge in [-0.25, -0.2) is 4.79 Å². The molecule has 5 nitrogen and oxygen atoms in total. The van der Waals surface area contributed by atoms with Gasteiger partial charge in [0.1, 0.15) is 11.3 Å². The van der Waals surface area contributed by atoms with Crippen molar-refractivity contribution in [2.45, 2.75) is 18.3 Å². The standard InChI is InChI=1S/C21H19NO4/c23-19(22-14-21(10-11-21)16-4-2-1-3-5-16)13-25-17-8-6-15-7-9-20(24)26-18(15)12-17/h1-9,12H,10-11,13-14H2,(H,22,23). The van der Waals surface area contributed by atoms with Crippen LogP contribution in [0.15, 0.2) is 69.9 Å². The van der Waals surface area contributed by atoms with Crippen molar-refractivity contribution in [1.29, 1.82) is 0 Å². The Bertz CT molecular complexity index is 990. The molecule has 5 heteroatoms. The van der Waals surface area contributed by atoms with Crippen LogP contribution in [0.3, 0.4) is 0 Å². The van der Waals surface area contributed by atoms with Crippen molar-refractivity contribution in [3.05, 3.63) is 76.6 Å². The van der Waals surface area contributed by atoms with E-state index in [9.17, 15) is 9.59 Å². The van der Waals surface area contributed by atoms with Gasteiger partial charge in [-0.05, 0) is 36.6 Å². The summed E-state index contributed by atoms with van der Waals surface area (Å²) in [6, 6.07) is 18.5. The van der Waals surface area contributed by atoms with Crippen LogP contribution in [0.1, 0.15) is 18.4 Å². The summed E-state index contributed by atoms with van der Waals surface area (Å²) in [5, 5.41) is 3.77. The third kappa shape index (κ3) is 3.47. The van der Waals surface area contributed by atoms with Gasteiger partial charge in [0.25, 0.3) is 5.91 Å². The highest BCUT2D eigenvalue weighted by Crippen LogP contribution is 2.47. The minimum atomic E-state index is -0.414. The van der Waals surface area contributed by atoms with Gasteiger partial charge in [-0.3, -0.25) is 4.79 Å². The molecule has 0 aliphatic heterocycles. The predicted octanol–water partition coefficient (Wildman–Crippen LogP) is 3.02. The van der Waals surface area contributed by atoms with E-state index in [2.05, 4.69) is 17.4 Å². The number of benzene rings is 2. The zero-order valence-corrected chi connectivity index (χ0v) is 14.2. The van der Waals surface area contributed by atoms with E-state index in [0.29, 0.717) is 17.9 Å². The molecule has 3 aromatic rings. The maximum atomic E-state index is 12.1. The van der Waals surface area contributed by atoms with Crippen molar-refractivity contribution in [2.75, 3.05) is 13.2 Å². The van der Waals surface area contributed by atoms with Crippen molar-refractivity contribution >= 4 is 16.9 Å². The highest BCUT2D eigenvalue weighted by molar-refractivity contribution is 5.79. The fourth-order valence-electron chi connectivity index (χ4n) is 3.11. The van der Waals surface area contributed by atoms with Crippen LogP contribution in [0, 0.1) is 0 Å². The van der Waals surface area contributed by atoms with Crippen LogP contribution >= 0.6 is 0 Å². The van der Waals surface area contributed by atoms with Gasteiger partial charge in [0.2, 0.25) is 0 Å². The fraction of sp³-hybridized carbons (Fsp3) is 0.238. The Morgan fingerprint density at radius 3 is 2.62 bits per heavy atom. The molecule has 132 valence electrons. The molecule has 1 saturated carbocycles. The van der Waals surface area contributed by atoms with Gasteiger partial charge in [0.05, 0.1) is 0 Å². The predicted molar refractivity (Wildman–Crippen MR) is 98.3 cm³/mol. The van der Waals surface area contributed by atoms with Crippen LogP contribution in [0.25, 0.3) is 11.0 Å². The van der Waals surface area contributed by atoms with Gasteiger partial charge in [0, 0.05) is 29.5 Å². The first-order valence-corrected chi connectivity index (χ1v) is 8.64. The molecule has 0 spiro atoms. The minimum Gasteiger partial charge on any atom is -0.484 e. The molecular weight excluding hydrogens is 330 g/mol. The molecule has 1 aromatic heterocycles. The van der Waals surface area contributed by atoms with E-state index in [0.717, 1.165) is 18.2 Å². The molecule has 2 aromatic carbocycles. The topological polar surface area (TPSA) is 68.5 Å². The Morgan fingerprint density at radius 2 is 1.85 bits per heavy atom. The van der Waals surface area contributed by atoms with Gasteiger partial charge in [-0.2, -0.15) is 0 Å². The first-order valence-electron chi connectivity index (χ1n) is 8.64. The van der Waals surface area contributed by atoms with Crippen molar-refractivity contribution in [3.8, 4) is 5.75 Å². The van der Waals surface area contributed by atoms with Crippen molar-refractivity contribution < 1.29 is 13.9 Å². The van der Waals surface area contributed by atoms with Crippen LogP contribution in [-0.4, -0.2) is 19.1 Å². The molecular formula is C21H19NO4. The second kappa shape index (κ2) is 6.67. The maximum absolute atomic E-state index is 12.1. The molecule has 26 heavy (non-hydrogen) atoms. The number of hydrogen-bond donors (Lipinski definition) is 1. The quantitative estimate of drug-likeness (QED) is 0.695. The molecule has 0 bridgehead atoms. The summed E-state index contributed by atoms with van der Waals surface area (Å²) >= 11 is 0. The lowest BCUT2D eigenvalue weighted by Gasteiger charge is -2.16. The molecule has 1 heterocycles. The van der Waals surface area contributed by atoms with Crippen LogP contribution in [0.2, 0.25) is 0 Å². The fourth-order valence-corrected chi connectivity index (χ4v) is 3.11. The Hall–Kier alpha value is -3.08. The minimum absolute atomic E-state index is 0.0727. The smallest absolute Gasteiger partial charge is 0.336 e. The number of ether oxygens (including phenoxy) is 1. The van der Waals surface area contributed by atoms with Crippen LogP contribution in [0.4, 0.5) is 0 Å². The first-order chi connectivity index (χ1) is 12.6. The third-order valence-corrected chi connectivity index (χ3v) is 4.83. The molecule has 0 radical (unpaired) electrons. The molecule has 1 aliphatic carbocycles. The number of nitrogens with one attached hydrogen (secondary N) is 1. The van der Waals surface area contributed by atoms with Crippen LogP contribution < -0.4 is 15.7 Å². The summed E-state index contributed by atoms with van der Waals surface area (Å²) in [6.07, 6.45) is 2.17. The highest BCUT2D eigenvalue weighted by Gasteiger charge is 2.44. The van der Waals surface area contributed by atoms with E-state index in [1.54, 1.807) is 24.3 Å². The summed E-state index contributed by atoms with van der Waals surface area (Å²) in [6.45, 7) is 0.541. The lowest BCUT2D eigenvalue weighted by atomic mass is 9.96. The Morgan fingerprint density at radius 1 is 1.08 bits per heavy atom. The van der Waals surface area contributed by atoms with E-state index >= 15 is 0 Å². The molecule has 1 fully saturated rings. The molecule has 0 atom stereocenters. The Labute approximate surface area is 150 Å². The molecule has 4 rings (SSSR count). The summed E-state index contributed by atoms with van der Waals surface area (Å²) in [7, 11) is 0. The van der Waals surface area contributed by atoms with E-state index in [4.69, 9.17) is 9.15 Å². The second-order valence-electron chi connectivity index (χ2n) is 6.67. The maximum Gasteiger partial charge on any atom is 0.336 e. The average Bonchev–Trinajstić information content (AvgIpc) is 3.46. The molecule has 0 saturated heterocycles. The summed E-state index contributed by atoms with van der Waals surface area (Å²) in [5.41, 5.74) is 1.37. The van der Waals surface area contributed by atoms with E-state index < -0.39 is 5.63 Å². The van der Waals surface area contributed by atoms with E-state index in [1.165, 1.54) is 11.6 Å². The second-order valence-corrected chi connectivity index (χ2v) is 6.67. The largest absolute Gasteiger partial charge is 0.484 e. The normalized spacial score (nSPS) is 14.8. The number of rotatable bonds is 6. The monoisotopic (exact) mass is 349 g/mol. The summed E-state index contributed by atoms with van der Waals surface area (Å²) < 4.78 is 10.7. The third-order valence-electron chi connectivity index (χ3n) is 4.83. The molecule has 1 aliphatic rings. The number of carbonyl (C=O) groups is 1. The Kier molecular flexibility index (Phi) is 4.21. The Balaban J connectivity index is 1.34. The number of hydrogen-bond acceptors (Lipinski definition) is 4. The van der Waals surface area contributed by atoms with Gasteiger partial charge in [0.15, 0.2) is 6.61 Å². The SMILES string of the molecule is O=C(COc1ccc2ccc(=O)oc2c1)NCC1(c2ccccc2)CC1. The van der Waals surface area contributed by atoms with E-state index in [1.807, 2.05) is 18.2 Å². The lowest BCUT2D eigenvalue weighted by molar-refractivity contribution is -0.123. The summed E-state index contributed by atoms with van der Waals surface area (Å²) in [5.74, 6) is 0.327. The molecule has 0 unspecified atom stereocenters. The van der Waals surface area contributed by atoms with Gasteiger partial charge in [-0.15, -0.1) is 0 Å². The number of fused-ring (bicyclic) bond motifs is 1. The first kappa shape index (κ1) is 16.4. The highest BCUT2D eigenvalue weighted by atomic mass is 16.5. The van der Waals surface area contributed by atoms with Gasteiger partial charge in [-0.1, -0.05) is 30.3 Å². The van der Waals surface area contributed by atoms with Gasteiger partial charge < -0.3 is 14.5 Å². The molecule has 1 amide bonds. The van der Waals surface area contributed by atoms with Gasteiger partial charge >= 0.3 is 5.63 Å². The van der Waals surface area contributed by atoms with Crippen molar-refractivity contribution in [3.63, 3.8) is 0 Å². The zero-order chi connectivity index (χ0) is 18.0. The van der Waals surface area contributed by atoms with Crippen molar-refractivity contribution in [2.24, 2.45) is 0 Å².